The summed E-state index contributed by atoms with van der Waals surface area (Å²) in [5.74, 6) is 0.232. The number of phenols is 1. The van der Waals surface area contributed by atoms with Gasteiger partial charge in [0.25, 0.3) is 0 Å². The van der Waals surface area contributed by atoms with Crippen molar-refractivity contribution in [3.05, 3.63) is 29.3 Å². The zero-order valence-corrected chi connectivity index (χ0v) is 6.33. The molecule has 0 spiro atoms. The zero-order valence-electron chi connectivity index (χ0n) is 6.33. The van der Waals surface area contributed by atoms with Crippen LogP contribution in [0.5, 0.6) is 5.75 Å². The molecule has 0 fully saturated rings. The highest BCUT2D eigenvalue weighted by molar-refractivity contribution is 5.32. The molecule has 0 heterocycles. The van der Waals surface area contributed by atoms with Gasteiger partial charge in [0, 0.05) is 6.54 Å². The molecule has 0 aliphatic carbocycles. The lowest BCUT2D eigenvalue weighted by molar-refractivity contribution is 0.161. The molecule has 3 nitrogen and oxygen atoms in total. The van der Waals surface area contributed by atoms with Crippen molar-refractivity contribution in [3.63, 3.8) is 0 Å². The predicted octanol–water partition coefficient (Wildman–Crippen LogP) is 1.18. The number of rotatable bonds is 2. The Labute approximate surface area is 65.3 Å². The van der Waals surface area contributed by atoms with Gasteiger partial charge < -0.3 is 10.3 Å². The van der Waals surface area contributed by atoms with Crippen molar-refractivity contribution in [3.8, 4) is 5.75 Å². The molecule has 0 aromatic heterocycles. The van der Waals surface area contributed by atoms with Crippen LogP contribution in [0.25, 0.3) is 0 Å². The van der Waals surface area contributed by atoms with Crippen LogP contribution < -0.4 is 5.48 Å². The molecule has 0 saturated carbocycles. The first kappa shape index (κ1) is 8.04. The third-order valence-corrected chi connectivity index (χ3v) is 1.41. The Bertz CT molecular complexity index is 228. The molecule has 0 radical (unpaired) electrons. The van der Waals surface area contributed by atoms with Crippen LogP contribution >= 0.6 is 0 Å². The molecule has 0 unspecified atom stereocenters. The Balaban J connectivity index is 2.89. The number of hydrogen-bond acceptors (Lipinski definition) is 3. The lowest BCUT2D eigenvalue weighted by atomic mass is 10.1. The lowest BCUT2D eigenvalue weighted by Crippen LogP contribution is -2.05. The van der Waals surface area contributed by atoms with Crippen LogP contribution in [0.1, 0.15) is 11.1 Å². The van der Waals surface area contributed by atoms with Gasteiger partial charge in [0.05, 0.1) is 0 Å². The topological polar surface area (TPSA) is 52.5 Å². The second-order valence-electron chi connectivity index (χ2n) is 2.51. The van der Waals surface area contributed by atoms with Gasteiger partial charge in [-0.3, -0.25) is 0 Å². The molecule has 3 heteroatoms. The summed E-state index contributed by atoms with van der Waals surface area (Å²) < 4.78 is 0. The number of hydrogen-bond donors (Lipinski definition) is 3. The Hall–Kier alpha value is -1.06. The highest BCUT2D eigenvalue weighted by Gasteiger charge is 1.95. The normalized spacial score (nSPS) is 10.0. The second-order valence-corrected chi connectivity index (χ2v) is 2.51. The number of nitrogens with one attached hydrogen (secondary N) is 1. The highest BCUT2D eigenvalue weighted by atomic mass is 16.5. The first-order valence-corrected chi connectivity index (χ1v) is 3.39. The van der Waals surface area contributed by atoms with Gasteiger partial charge in [0.15, 0.2) is 0 Å². The number of phenolic OH excluding ortho intramolecular Hbond substituents is 1. The van der Waals surface area contributed by atoms with E-state index in [1.165, 1.54) is 0 Å². The van der Waals surface area contributed by atoms with Gasteiger partial charge >= 0.3 is 0 Å². The fourth-order valence-corrected chi connectivity index (χ4v) is 1.03. The molecule has 0 aliphatic heterocycles. The molecule has 0 amide bonds. The third kappa shape index (κ3) is 2.22. The highest BCUT2D eigenvalue weighted by Crippen LogP contribution is 2.14. The summed E-state index contributed by atoms with van der Waals surface area (Å²) >= 11 is 0. The van der Waals surface area contributed by atoms with E-state index in [1.807, 2.05) is 18.5 Å². The van der Waals surface area contributed by atoms with E-state index < -0.39 is 0 Å². The van der Waals surface area contributed by atoms with E-state index in [-0.39, 0.29) is 5.75 Å². The van der Waals surface area contributed by atoms with Crippen molar-refractivity contribution >= 4 is 0 Å². The molecule has 1 aromatic rings. The third-order valence-electron chi connectivity index (χ3n) is 1.41. The van der Waals surface area contributed by atoms with Crippen LogP contribution in [0.4, 0.5) is 0 Å². The summed E-state index contributed by atoms with van der Waals surface area (Å²) in [6.45, 7) is 2.25. The minimum Gasteiger partial charge on any atom is -0.508 e. The minimum absolute atomic E-state index is 0.232. The fourth-order valence-electron chi connectivity index (χ4n) is 1.03. The average Bonchev–Trinajstić information content (AvgIpc) is 1.85. The molecule has 11 heavy (non-hydrogen) atoms. The average molecular weight is 153 g/mol. The van der Waals surface area contributed by atoms with Gasteiger partial charge in [0.2, 0.25) is 0 Å². The van der Waals surface area contributed by atoms with Gasteiger partial charge in [-0.25, -0.2) is 5.48 Å². The summed E-state index contributed by atoms with van der Waals surface area (Å²) in [7, 11) is 0. The molecular weight excluding hydrogens is 142 g/mol. The van der Waals surface area contributed by atoms with Gasteiger partial charge in [-0.05, 0) is 30.2 Å². The van der Waals surface area contributed by atoms with Crippen LogP contribution in [-0.2, 0) is 6.54 Å². The molecular formula is C8H11NO2. The van der Waals surface area contributed by atoms with Gasteiger partial charge in [-0.15, -0.1) is 0 Å². The zero-order chi connectivity index (χ0) is 8.27. The van der Waals surface area contributed by atoms with E-state index in [1.54, 1.807) is 12.1 Å². The van der Waals surface area contributed by atoms with Crippen molar-refractivity contribution in [2.24, 2.45) is 0 Å². The molecule has 0 atom stereocenters. The Kier molecular flexibility index (Phi) is 2.46. The number of aryl methyl sites for hydroxylation is 1. The summed E-state index contributed by atoms with van der Waals surface area (Å²) in [4.78, 5) is 0. The van der Waals surface area contributed by atoms with E-state index in [9.17, 15) is 0 Å². The predicted molar refractivity (Wildman–Crippen MR) is 41.5 cm³/mol. The lowest BCUT2D eigenvalue weighted by Gasteiger charge is -2.01. The van der Waals surface area contributed by atoms with Crippen LogP contribution in [0.15, 0.2) is 18.2 Å². The monoisotopic (exact) mass is 153 g/mol. The fraction of sp³-hybridized carbons (Fsp3) is 0.250. The molecule has 1 aromatic carbocycles. The maximum absolute atomic E-state index is 9.11. The summed E-state index contributed by atoms with van der Waals surface area (Å²) in [6, 6.07) is 5.17. The van der Waals surface area contributed by atoms with Crippen LogP contribution in [-0.4, -0.2) is 10.3 Å². The van der Waals surface area contributed by atoms with Crippen molar-refractivity contribution < 1.29 is 10.3 Å². The summed E-state index contributed by atoms with van der Waals surface area (Å²) in [6.07, 6.45) is 0. The number of aromatic hydroxyl groups is 1. The van der Waals surface area contributed by atoms with Gasteiger partial charge in [0.1, 0.15) is 5.75 Å². The summed E-state index contributed by atoms with van der Waals surface area (Å²) in [5.41, 5.74) is 3.87. The maximum atomic E-state index is 9.11. The molecule has 0 bridgehead atoms. The maximum Gasteiger partial charge on any atom is 0.116 e. The van der Waals surface area contributed by atoms with Crippen molar-refractivity contribution in [1.82, 2.24) is 5.48 Å². The SMILES string of the molecule is Cc1cc(O)cc(CNO)c1. The van der Waals surface area contributed by atoms with Crippen LogP contribution in [0.2, 0.25) is 0 Å². The Morgan fingerprint density at radius 3 is 2.64 bits per heavy atom. The standard InChI is InChI=1S/C8H11NO2/c1-6-2-7(5-9-11)4-8(10)3-6/h2-4,9-11H,5H2,1H3. The van der Waals surface area contributed by atoms with Crippen LogP contribution in [0, 0.1) is 6.92 Å². The van der Waals surface area contributed by atoms with Crippen LogP contribution in [0.3, 0.4) is 0 Å². The smallest absolute Gasteiger partial charge is 0.116 e. The summed E-state index contributed by atoms with van der Waals surface area (Å²) in [5, 5.41) is 17.5. The first-order chi connectivity index (χ1) is 5.22. The largest absolute Gasteiger partial charge is 0.508 e. The number of benzene rings is 1. The first-order valence-electron chi connectivity index (χ1n) is 3.39. The molecule has 0 aliphatic rings. The molecule has 3 N–H and O–H groups in total. The van der Waals surface area contributed by atoms with Gasteiger partial charge in [-0.2, -0.15) is 0 Å². The molecule has 0 saturated heterocycles. The quantitative estimate of drug-likeness (QED) is 0.559. The van der Waals surface area contributed by atoms with Crippen molar-refractivity contribution in [1.29, 1.82) is 0 Å². The Morgan fingerprint density at radius 2 is 2.09 bits per heavy atom. The minimum atomic E-state index is 0.232. The van der Waals surface area contributed by atoms with Gasteiger partial charge in [-0.1, -0.05) is 6.07 Å². The van der Waals surface area contributed by atoms with E-state index in [0.717, 1.165) is 11.1 Å². The number of hydroxylamine groups is 1. The van der Waals surface area contributed by atoms with E-state index in [0.29, 0.717) is 6.54 Å². The second kappa shape index (κ2) is 3.37. The van der Waals surface area contributed by atoms with E-state index in [2.05, 4.69) is 0 Å². The molecule has 60 valence electrons. The van der Waals surface area contributed by atoms with E-state index >= 15 is 0 Å². The van der Waals surface area contributed by atoms with Crippen molar-refractivity contribution in [2.75, 3.05) is 0 Å². The molecule has 1 rings (SSSR count). The van der Waals surface area contributed by atoms with E-state index in [4.69, 9.17) is 10.3 Å². The Morgan fingerprint density at radius 1 is 1.36 bits per heavy atom. The van der Waals surface area contributed by atoms with Crippen molar-refractivity contribution in [2.45, 2.75) is 13.5 Å².